The topological polar surface area (TPSA) is 96.0 Å². The normalized spacial score (nSPS) is 16.5. The minimum absolute atomic E-state index is 0.102. The molecule has 0 unspecified atom stereocenters. The standard InChI is InChI=1S/C19H25N3O5S2/c1-15-14-18(8-9-19(15)27-3)28(23,24)20-16-4-6-17(7-5-16)29(25,26)22-12-10-21(2)11-13-22/h4-9,14,20H,10-13H2,1-3H3. The van der Waals surface area contributed by atoms with Crippen LogP contribution in [0.3, 0.4) is 0 Å². The van der Waals surface area contributed by atoms with Crippen molar-refractivity contribution in [1.29, 1.82) is 0 Å². The zero-order chi connectivity index (χ0) is 21.2. The molecule has 0 saturated carbocycles. The number of aryl methyl sites for hydroxylation is 1. The summed E-state index contributed by atoms with van der Waals surface area (Å²) in [4.78, 5) is 2.32. The molecule has 0 aromatic heterocycles. The molecule has 0 spiro atoms. The number of nitrogens with one attached hydrogen (secondary N) is 1. The van der Waals surface area contributed by atoms with Crippen LogP contribution < -0.4 is 9.46 Å². The van der Waals surface area contributed by atoms with Gasteiger partial charge in [-0.05, 0) is 62.0 Å². The first kappa shape index (κ1) is 21.6. The van der Waals surface area contributed by atoms with Gasteiger partial charge < -0.3 is 9.64 Å². The molecule has 0 amide bonds. The first-order valence-electron chi connectivity index (χ1n) is 9.10. The SMILES string of the molecule is COc1ccc(S(=O)(=O)Nc2ccc(S(=O)(=O)N3CCN(C)CC3)cc2)cc1C. The highest BCUT2D eigenvalue weighted by Crippen LogP contribution is 2.24. The number of anilines is 1. The molecule has 0 bridgehead atoms. The van der Waals surface area contributed by atoms with Crippen LogP contribution in [-0.2, 0) is 20.0 Å². The summed E-state index contributed by atoms with van der Waals surface area (Å²) in [5.41, 5.74) is 0.986. The number of nitrogens with zero attached hydrogens (tertiary/aromatic N) is 2. The summed E-state index contributed by atoms with van der Waals surface area (Å²) < 4.78 is 59.9. The lowest BCUT2D eigenvalue weighted by molar-refractivity contribution is 0.222. The quantitative estimate of drug-likeness (QED) is 0.737. The molecule has 1 N–H and O–H groups in total. The van der Waals surface area contributed by atoms with Crippen LogP contribution >= 0.6 is 0 Å². The van der Waals surface area contributed by atoms with Gasteiger partial charge in [-0.1, -0.05) is 0 Å². The van der Waals surface area contributed by atoms with E-state index < -0.39 is 20.0 Å². The smallest absolute Gasteiger partial charge is 0.261 e. The number of benzene rings is 2. The van der Waals surface area contributed by atoms with E-state index in [9.17, 15) is 16.8 Å². The Labute approximate surface area is 172 Å². The molecule has 2 aromatic carbocycles. The largest absolute Gasteiger partial charge is 0.496 e. The van der Waals surface area contributed by atoms with Crippen molar-refractivity contribution in [3.63, 3.8) is 0 Å². The Morgan fingerprint density at radius 3 is 2.03 bits per heavy atom. The van der Waals surface area contributed by atoms with Crippen molar-refractivity contribution in [2.75, 3.05) is 45.1 Å². The van der Waals surface area contributed by atoms with Crippen LogP contribution in [0.25, 0.3) is 0 Å². The highest BCUT2D eigenvalue weighted by molar-refractivity contribution is 7.92. The Morgan fingerprint density at radius 2 is 1.48 bits per heavy atom. The Bertz CT molecular complexity index is 1080. The molecule has 1 saturated heterocycles. The van der Waals surface area contributed by atoms with E-state index in [0.717, 1.165) is 0 Å². The van der Waals surface area contributed by atoms with Gasteiger partial charge in [-0.15, -0.1) is 0 Å². The summed E-state index contributed by atoms with van der Waals surface area (Å²) in [7, 11) is -3.93. The second-order valence-corrected chi connectivity index (χ2v) is 10.6. The van der Waals surface area contributed by atoms with Gasteiger partial charge in [0.1, 0.15) is 5.75 Å². The fourth-order valence-electron chi connectivity index (χ4n) is 3.10. The summed E-state index contributed by atoms with van der Waals surface area (Å²) >= 11 is 0. The second kappa shape index (κ2) is 8.31. The van der Waals surface area contributed by atoms with E-state index in [1.54, 1.807) is 13.0 Å². The number of rotatable bonds is 6. The predicted molar refractivity (Wildman–Crippen MR) is 111 cm³/mol. The molecule has 1 fully saturated rings. The molecule has 1 heterocycles. The van der Waals surface area contributed by atoms with Gasteiger partial charge in [0.15, 0.2) is 0 Å². The van der Waals surface area contributed by atoms with Gasteiger partial charge in [-0.2, -0.15) is 4.31 Å². The molecule has 1 aliphatic heterocycles. The van der Waals surface area contributed by atoms with Crippen LogP contribution in [0.2, 0.25) is 0 Å². The third-order valence-corrected chi connectivity index (χ3v) is 8.18. The highest BCUT2D eigenvalue weighted by atomic mass is 32.2. The van der Waals surface area contributed by atoms with E-state index in [1.807, 2.05) is 7.05 Å². The fourth-order valence-corrected chi connectivity index (χ4v) is 5.67. The molecule has 3 rings (SSSR count). The van der Waals surface area contributed by atoms with Gasteiger partial charge in [0.2, 0.25) is 10.0 Å². The summed E-state index contributed by atoms with van der Waals surface area (Å²) in [5.74, 6) is 0.599. The van der Waals surface area contributed by atoms with Crippen LogP contribution in [-0.4, -0.2) is 66.4 Å². The monoisotopic (exact) mass is 439 g/mol. The number of sulfonamides is 2. The Morgan fingerprint density at radius 1 is 0.897 bits per heavy atom. The number of likely N-dealkylation sites (N-methyl/N-ethyl adjacent to an activating group) is 1. The first-order chi connectivity index (χ1) is 13.6. The van der Waals surface area contributed by atoms with E-state index in [0.29, 0.717) is 37.5 Å². The van der Waals surface area contributed by atoms with E-state index in [2.05, 4.69) is 9.62 Å². The second-order valence-electron chi connectivity index (χ2n) is 6.97. The number of hydrogen-bond donors (Lipinski definition) is 1. The van der Waals surface area contributed by atoms with Gasteiger partial charge in [0.25, 0.3) is 10.0 Å². The van der Waals surface area contributed by atoms with Crippen molar-refractivity contribution in [3.05, 3.63) is 48.0 Å². The summed E-state index contributed by atoms with van der Waals surface area (Å²) in [6.45, 7) is 3.99. The van der Waals surface area contributed by atoms with Crippen LogP contribution in [0, 0.1) is 6.92 Å². The van der Waals surface area contributed by atoms with E-state index >= 15 is 0 Å². The maximum atomic E-state index is 12.8. The van der Waals surface area contributed by atoms with Crippen molar-refractivity contribution >= 4 is 25.7 Å². The van der Waals surface area contributed by atoms with Crippen LogP contribution in [0.4, 0.5) is 5.69 Å². The minimum Gasteiger partial charge on any atom is -0.496 e. The minimum atomic E-state index is -3.81. The van der Waals surface area contributed by atoms with Crippen molar-refractivity contribution in [1.82, 2.24) is 9.21 Å². The molecule has 158 valence electrons. The average molecular weight is 440 g/mol. The maximum absolute atomic E-state index is 12.8. The van der Waals surface area contributed by atoms with Crippen molar-refractivity contribution in [3.8, 4) is 5.75 Å². The number of ether oxygens (including phenoxy) is 1. The van der Waals surface area contributed by atoms with E-state index in [-0.39, 0.29) is 15.5 Å². The zero-order valence-corrected chi connectivity index (χ0v) is 18.3. The van der Waals surface area contributed by atoms with Crippen molar-refractivity contribution in [2.24, 2.45) is 0 Å². The lowest BCUT2D eigenvalue weighted by atomic mass is 10.2. The molecular formula is C19H25N3O5S2. The molecule has 2 aromatic rings. The fraction of sp³-hybridized carbons (Fsp3) is 0.368. The summed E-state index contributed by atoms with van der Waals surface area (Å²) in [6.07, 6.45) is 0. The lowest BCUT2D eigenvalue weighted by Crippen LogP contribution is -2.46. The lowest BCUT2D eigenvalue weighted by Gasteiger charge is -2.31. The Kier molecular flexibility index (Phi) is 6.18. The molecule has 0 radical (unpaired) electrons. The maximum Gasteiger partial charge on any atom is 0.261 e. The van der Waals surface area contributed by atoms with Gasteiger partial charge in [0.05, 0.1) is 16.9 Å². The van der Waals surface area contributed by atoms with Gasteiger partial charge in [0, 0.05) is 31.9 Å². The average Bonchev–Trinajstić information content (AvgIpc) is 2.68. The predicted octanol–water partition coefficient (Wildman–Crippen LogP) is 1.74. The van der Waals surface area contributed by atoms with Crippen molar-refractivity contribution < 1.29 is 21.6 Å². The molecule has 29 heavy (non-hydrogen) atoms. The van der Waals surface area contributed by atoms with Crippen LogP contribution in [0.1, 0.15) is 5.56 Å². The molecule has 0 atom stereocenters. The number of piperazine rings is 1. The molecule has 8 nitrogen and oxygen atoms in total. The van der Waals surface area contributed by atoms with Crippen molar-refractivity contribution in [2.45, 2.75) is 16.7 Å². The molecule has 10 heteroatoms. The first-order valence-corrected chi connectivity index (χ1v) is 12.0. The van der Waals surface area contributed by atoms with Gasteiger partial charge in [-0.25, -0.2) is 16.8 Å². The number of hydrogen-bond acceptors (Lipinski definition) is 6. The Hall–Kier alpha value is -2.14. The van der Waals surface area contributed by atoms with Gasteiger partial charge >= 0.3 is 0 Å². The molecule has 0 aliphatic carbocycles. The van der Waals surface area contributed by atoms with Gasteiger partial charge in [-0.3, -0.25) is 4.72 Å². The van der Waals surface area contributed by atoms with E-state index in [4.69, 9.17) is 4.74 Å². The highest BCUT2D eigenvalue weighted by Gasteiger charge is 2.27. The summed E-state index contributed by atoms with van der Waals surface area (Å²) in [6, 6.07) is 10.3. The van der Waals surface area contributed by atoms with Crippen LogP contribution in [0.5, 0.6) is 5.75 Å². The third-order valence-electron chi connectivity index (χ3n) is 4.88. The molecule has 1 aliphatic rings. The summed E-state index contributed by atoms with van der Waals surface area (Å²) in [5, 5.41) is 0. The molecular weight excluding hydrogens is 414 g/mol. The Balaban J connectivity index is 1.77. The van der Waals surface area contributed by atoms with E-state index in [1.165, 1.54) is 47.8 Å². The van der Waals surface area contributed by atoms with Crippen LogP contribution in [0.15, 0.2) is 52.3 Å². The third kappa shape index (κ3) is 4.72. The zero-order valence-electron chi connectivity index (χ0n) is 16.6. The number of methoxy groups -OCH3 is 1.